The molecule has 3 N–H and O–H groups in total. The molecule has 15 nitrogen and oxygen atoms in total. The topological polar surface area (TPSA) is 168 Å². The van der Waals surface area contributed by atoms with E-state index in [9.17, 15) is 33.1 Å². The maximum Gasteiger partial charge on any atom is 0.408 e. The molecule has 3 fully saturated rings. The molecule has 0 radical (unpaired) electrons. The number of hydrazine groups is 1. The van der Waals surface area contributed by atoms with Crippen LogP contribution in [-0.4, -0.2) is 119 Å². The molecule has 3 aliphatic heterocycles. The Bertz CT molecular complexity index is 2540. The first-order chi connectivity index (χ1) is 32.6. The highest BCUT2D eigenvalue weighted by atomic mass is 19.3. The van der Waals surface area contributed by atoms with Crippen molar-refractivity contribution in [2.75, 3.05) is 51.3 Å². The molecule has 4 atom stereocenters. The van der Waals surface area contributed by atoms with Crippen molar-refractivity contribution < 1.29 is 47.3 Å². The Morgan fingerprint density at radius 2 is 1.72 bits per heavy atom. The van der Waals surface area contributed by atoms with Crippen LogP contribution in [0.25, 0.3) is 33.3 Å². The van der Waals surface area contributed by atoms with Gasteiger partial charge in [-0.3, -0.25) is 29.3 Å². The predicted octanol–water partition coefficient (Wildman–Crippen LogP) is 8.47. The number of ether oxygens (including phenoxy) is 3. The second-order valence-corrected chi connectivity index (χ2v) is 20.5. The fourth-order valence-electron chi connectivity index (χ4n) is 10.1. The van der Waals surface area contributed by atoms with E-state index in [0.717, 1.165) is 71.7 Å². The second kappa shape index (κ2) is 21.1. The van der Waals surface area contributed by atoms with Gasteiger partial charge in [0.25, 0.3) is 12.3 Å². The van der Waals surface area contributed by atoms with Crippen LogP contribution in [0.4, 0.5) is 19.3 Å². The number of carbonyl (C=O) groups is 4. The molecule has 2 aromatic heterocycles. The van der Waals surface area contributed by atoms with Crippen LogP contribution >= 0.6 is 0 Å². The molecule has 7 rings (SSSR count). The van der Waals surface area contributed by atoms with Crippen LogP contribution in [0.2, 0.25) is 0 Å². The minimum absolute atomic E-state index is 0.159. The minimum atomic E-state index is -2.87. The number of methoxy groups -OCH3 is 1. The number of hydrogen-bond donors (Lipinski definition) is 3. The molecule has 374 valence electrons. The Kier molecular flexibility index (Phi) is 15.7. The lowest BCUT2D eigenvalue weighted by molar-refractivity contribution is -0.148. The number of rotatable bonds is 16. The smallest absolute Gasteiger partial charge is 0.408 e. The van der Waals surface area contributed by atoms with Gasteiger partial charge in [0.1, 0.15) is 17.7 Å². The monoisotopic (exact) mass is 958 g/mol. The molecule has 17 heteroatoms. The first-order valence-electron chi connectivity index (χ1n) is 24.2. The van der Waals surface area contributed by atoms with Crippen molar-refractivity contribution in [3.63, 3.8) is 0 Å². The number of halogens is 2. The summed E-state index contributed by atoms with van der Waals surface area (Å²) in [5, 5.41) is 14.4. The molecular formula is C52H69F2N7O8. The fourth-order valence-corrected chi connectivity index (χ4v) is 10.1. The van der Waals surface area contributed by atoms with Crippen LogP contribution in [0.15, 0.2) is 48.7 Å². The Morgan fingerprint density at radius 1 is 0.971 bits per heavy atom. The summed E-state index contributed by atoms with van der Waals surface area (Å²) < 4.78 is 49.2. The van der Waals surface area contributed by atoms with Crippen LogP contribution in [-0.2, 0) is 48.0 Å². The van der Waals surface area contributed by atoms with E-state index >= 15 is 0 Å². The van der Waals surface area contributed by atoms with Gasteiger partial charge < -0.3 is 34.1 Å². The summed E-state index contributed by atoms with van der Waals surface area (Å²) in [5.74, 6) is -2.14. The quantitative estimate of drug-likeness (QED) is 0.0919. The summed E-state index contributed by atoms with van der Waals surface area (Å²) >= 11 is 0. The zero-order chi connectivity index (χ0) is 49.9. The number of anilines is 1. The normalized spacial score (nSPS) is 18.8. The molecule has 5 heterocycles. The van der Waals surface area contributed by atoms with Gasteiger partial charge in [0.05, 0.1) is 36.0 Å². The van der Waals surface area contributed by atoms with Gasteiger partial charge in [-0.2, -0.15) is 0 Å². The largest absolute Gasteiger partial charge is 0.480 e. The van der Waals surface area contributed by atoms with E-state index in [0.29, 0.717) is 48.5 Å². The maximum atomic E-state index is 14.9. The molecule has 0 unspecified atom stereocenters. The molecule has 4 aromatic rings. The minimum Gasteiger partial charge on any atom is -0.480 e. The third kappa shape index (κ3) is 12.0. The summed E-state index contributed by atoms with van der Waals surface area (Å²) in [6.07, 6.45) is 1.18. The van der Waals surface area contributed by atoms with Gasteiger partial charge in [-0.15, -0.1) is 0 Å². The lowest BCUT2D eigenvalue weighted by atomic mass is 9.84. The van der Waals surface area contributed by atoms with Gasteiger partial charge >= 0.3 is 18.0 Å². The van der Waals surface area contributed by atoms with Crippen molar-refractivity contribution in [3.05, 3.63) is 71.0 Å². The molecule has 2 aromatic carbocycles. The van der Waals surface area contributed by atoms with Crippen LogP contribution < -0.4 is 15.6 Å². The van der Waals surface area contributed by atoms with Crippen LogP contribution in [0.3, 0.4) is 0 Å². The maximum absolute atomic E-state index is 14.9. The molecule has 0 bridgehead atoms. The molecule has 3 aliphatic rings. The highest BCUT2D eigenvalue weighted by Crippen LogP contribution is 2.43. The van der Waals surface area contributed by atoms with E-state index in [1.54, 1.807) is 33.9 Å². The number of alkyl carbamates (subject to hydrolysis) is 1. The van der Waals surface area contributed by atoms with Crippen molar-refractivity contribution in [2.45, 2.75) is 137 Å². The number of aryl methyl sites for hydroxylation is 1. The highest BCUT2D eigenvalue weighted by Gasteiger charge is 2.36. The number of benzene rings is 2. The lowest BCUT2D eigenvalue weighted by Crippen LogP contribution is -2.60. The zero-order valence-electron chi connectivity index (χ0n) is 41.5. The number of amides is 2. The van der Waals surface area contributed by atoms with Crippen LogP contribution in [0.5, 0.6) is 0 Å². The summed E-state index contributed by atoms with van der Waals surface area (Å²) in [6.45, 7) is 19.4. The number of carboxylic acid groups (broad SMARTS) is 1. The van der Waals surface area contributed by atoms with E-state index in [-0.39, 0.29) is 37.2 Å². The number of nitrogens with one attached hydrogen (secondary N) is 2. The highest BCUT2D eigenvalue weighted by molar-refractivity contribution is 5.96. The molecule has 0 aliphatic carbocycles. The number of carboxylic acids is 1. The van der Waals surface area contributed by atoms with Crippen LogP contribution in [0, 0.1) is 5.41 Å². The zero-order valence-corrected chi connectivity index (χ0v) is 41.5. The SMILES string of the molecule is CCn1c(-c2cc(N3CCN4CCC[C@@H]4C3)cnc2[C@H](C)OC)c(CC(C)(C)COC(C)=O)c2cc(-c3cc(C[C@H](NC(=O)OC(C)(C)C)C(=O)N4CCC[C@@H](C(=O)O)N4)cc(C(F)F)c3)ccc21. The van der Waals surface area contributed by atoms with E-state index in [4.69, 9.17) is 19.2 Å². The summed E-state index contributed by atoms with van der Waals surface area (Å²) in [7, 11) is 1.67. The van der Waals surface area contributed by atoms with Gasteiger partial charge in [-0.25, -0.2) is 19.0 Å². The molecule has 0 spiro atoms. The van der Waals surface area contributed by atoms with E-state index in [2.05, 4.69) is 51.9 Å². The van der Waals surface area contributed by atoms with Crippen LogP contribution in [0.1, 0.15) is 116 Å². The number of fused-ring (bicyclic) bond motifs is 2. The number of aliphatic carboxylic acids is 1. The standard InChI is InChI=1S/C52H69F2N7O8/c1-10-60-44-16-15-34(35-21-33(22-36(24-35)47(53)54)23-43(56-50(66)69-51(4,5)6)48(63)61-18-12-14-42(57-61)49(64)65)25-39(44)41(27-52(7,8)30-68-32(3)62)46(60)40-26-38(28-55-45(40)31(2)67-9)59-20-19-58-17-11-13-37(58)29-59/h15-16,21-22,24-26,28,31,37,42-43,47,57H,10-14,17-20,23,27,29-30H2,1-9H3,(H,56,66)(H,64,65)/t31-,37+,42-,43-/m0/s1. The lowest BCUT2D eigenvalue weighted by Gasteiger charge is -2.39. The first-order valence-corrected chi connectivity index (χ1v) is 24.2. The first kappa shape index (κ1) is 51.2. The summed E-state index contributed by atoms with van der Waals surface area (Å²) in [6, 6.07) is 10.8. The number of nitrogens with zero attached hydrogens (tertiary/aromatic N) is 5. The van der Waals surface area contributed by atoms with Crippen molar-refractivity contribution in [1.82, 2.24) is 30.2 Å². The average Bonchev–Trinajstić information content (AvgIpc) is 3.90. The van der Waals surface area contributed by atoms with Gasteiger partial charge in [-0.05, 0) is 120 Å². The molecular weight excluding hydrogens is 889 g/mol. The number of esters is 1. The van der Waals surface area contributed by atoms with E-state index in [1.807, 2.05) is 31.3 Å². The van der Waals surface area contributed by atoms with Gasteiger partial charge in [0.2, 0.25) is 0 Å². The van der Waals surface area contributed by atoms with Gasteiger partial charge in [0, 0.05) is 86.7 Å². The molecule has 2 amide bonds. The van der Waals surface area contributed by atoms with Crippen molar-refractivity contribution in [1.29, 1.82) is 0 Å². The average molecular weight is 958 g/mol. The van der Waals surface area contributed by atoms with E-state index in [1.165, 1.54) is 30.5 Å². The Labute approximate surface area is 403 Å². The van der Waals surface area contributed by atoms with Gasteiger partial charge in [-0.1, -0.05) is 32.0 Å². The number of piperazine rings is 1. The van der Waals surface area contributed by atoms with Crippen molar-refractivity contribution in [3.8, 4) is 22.4 Å². The van der Waals surface area contributed by atoms with E-state index < -0.39 is 47.5 Å². The number of alkyl halides is 2. The summed E-state index contributed by atoms with van der Waals surface area (Å²) in [4.78, 5) is 61.5. The molecule has 3 saturated heterocycles. The fraction of sp³-hybridized carbons (Fsp3) is 0.558. The number of carbonyl (C=O) groups excluding carboxylic acids is 3. The number of pyridine rings is 1. The van der Waals surface area contributed by atoms with Crippen molar-refractivity contribution >= 4 is 40.5 Å². The third-order valence-electron chi connectivity index (χ3n) is 13.4. The Morgan fingerprint density at radius 3 is 2.41 bits per heavy atom. The summed E-state index contributed by atoms with van der Waals surface area (Å²) in [5.41, 5.74) is 8.03. The second-order valence-electron chi connectivity index (χ2n) is 20.5. The molecule has 0 saturated carbocycles. The Hall–Kier alpha value is -5.65. The third-order valence-corrected chi connectivity index (χ3v) is 13.4. The predicted molar refractivity (Wildman–Crippen MR) is 260 cm³/mol. The Balaban J connectivity index is 1.36. The van der Waals surface area contributed by atoms with Crippen molar-refractivity contribution in [2.24, 2.45) is 5.41 Å². The number of hydrogen-bond acceptors (Lipinski definition) is 11. The molecule has 69 heavy (non-hydrogen) atoms. The number of aromatic nitrogens is 2. The van der Waals surface area contributed by atoms with Gasteiger partial charge in [0.15, 0.2) is 0 Å².